The Morgan fingerprint density at radius 2 is 2.00 bits per heavy atom. The first-order valence-corrected chi connectivity index (χ1v) is 6.34. The van der Waals surface area contributed by atoms with Crippen LogP contribution in [0.15, 0.2) is 0 Å². The molecule has 1 fully saturated rings. The molecule has 0 aromatic carbocycles. The van der Waals surface area contributed by atoms with E-state index in [-0.39, 0.29) is 19.5 Å². The Morgan fingerprint density at radius 1 is 1.37 bits per heavy atom. The SMILES string of the molecule is CC(C)(C)OC(=O)NC[C@H]1CNCC[C@@H]1C(F)(F)F. The first kappa shape index (κ1) is 16.1. The summed E-state index contributed by atoms with van der Waals surface area (Å²) in [5, 5.41) is 5.33. The van der Waals surface area contributed by atoms with Gasteiger partial charge >= 0.3 is 12.3 Å². The molecule has 2 atom stereocenters. The second-order valence-electron chi connectivity index (χ2n) is 5.78. The number of alkyl halides is 3. The van der Waals surface area contributed by atoms with Gasteiger partial charge in [-0.15, -0.1) is 0 Å². The minimum atomic E-state index is -4.22. The molecule has 0 spiro atoms. The van der Waals surface area contributed by atoms with Crippen molar-refractivity contribution in [3.05, 3.63) is 0 Å². The summed E-state index contributed by atoms with van der Waals surface area (Å²) in [5.74, 6) is -2.02. The van der Waals surface area contributed by atoms with Crippen LogP contribution in [0, 0.1) is 11.8 Å². The normalized spacial score (nSPS) is 24.9. The van der Waals surface area contributed by atoms with Crippen LogP contribution in [0.2, 0.25) is 0 Å². The summed E-state index contributed by atoms with van der Waals surface area (Å²) < 4.78 is 43.4. The number of ether oxygens (including phenoxy) is 1. The maximum Gasteiger partial charge on any atom is 0.407 e. The van der Waals surface area contributed by atoms with E-state index in [1.165, 1.54) is 0 Å². The lowest BCUT2D eigenvalue weighted by atomic mass is 9.86. The number of carbonyl (C=O) groups excluding carboxylic acids is 1. The summed E-state index contributed by atoms with van der Waals surface area (Å²) in [4.78, 5) is 11.4. The summed E-state index contributed by atoms with van der Waals surface area (Å²) >= 11 is 0. The number of nitrogens with one attached hydrogen (secondary N) is 2. The van der Waals surface area contributed by atoms with Gasteiger partial charge in [0.1, 0.15) is 5.60 Å². The Bertz CT molecular complexity index is 313. The van der Waals surface area contributed by atoms with Crippen LogP contribution in [0.1, 0.15) is 27.2 Å². The summed E-state index contributed by atoms with van der Waals surface area (Å²) in [6.07, 6.45) is -4.86. The number of rotatable bonds is 2. The molecule has 7 heteroatoms. The smallest absolute Gasteiger partial charge is 0.407 e. The standard InChI is InChI=1S/C12H21F3N2O2/c1-11(2,3)19-10(18)17-7-8-6-16-5-4-9(8)12(13,14)15/h8-9,16H,4-7H2,1-3H3,(H,17,18)/t8-,9+/m1/s1. The lowest BCUT2D eigenvalue weighted by Crippen LogP contribution is -2.48. The fourth-order valence-corrected chi connectivity index (χ4v) is 2.10. The van der Waals surface area contributed by atoms with Gasteiger partial charge in [0.05, 0.1) is 5.92 Å². The highest BCUT2D eigenvalue weighted by atomic mass is 19.4. The van der Waals surface area contributed by atoms with Gasteiger partial charge in [-0.3, -0.25) is 0 Å². The van der Waals surface area contributed by atoms with E-state index < -0.39 is 29.7 Å². The van der Waals surface area contributed by atoms with E-state index in [9.17, 15) is 18.0 Å². The van der Waals surface area contributed by atoms with Gasteiger partial charge in [0.2, 0.25) is 0 Å². The third kappa shape index (κ3) is 5.67. The molecule has 0 aliphatic carbocycles. The van der Waals surface area contributed by atoms with Crippen molar-refractivity contribution in [2.75, 3.05) is 19.6 Å². The van der Waals surface area contributed by atoms with Crippen molar-refractivity contribution in [3.8, 4) is 0 Å². The Balaban J connectivity index is 2.48. The summed E-state index contributed by atoms with van der Waals surface area (Å²) in [7, 11) is 0. The molecule has 19 heavy (non-hydrogen) atoms. The first-order chi connectivity index (χ1) is 8.59. The predicted octanol–water partition coefficient (Wildman–Crippen LogP) is 2.30. The third-order valence-electron chi connectivity index (χ3n) is 2.94. The van der Waals surface area contributed by atoms with Crippen molar-refractivity contribution in [1.29, 1.82) is 0 Å². The van der Waals surface area contributed by atoms with Crippen molar-refractivity contribution in [1.82, 2.24) is 10.6 Å². The Labute approximate surface area is 111 Å². The van der Waals surface area contributed by atoms with Gasteiger partial charge in [-0.1, -0.05) is 0 Å². The molecule has 1 rings (SSSR count). The summed E-state index contributed by atoms with van der Waals surface area (Å²) in [6.45, 7) is 5.67. The monoisotopic (exact) mass is 282 g/mol. The van der Waals surface area contributed by atoms with Gasteiger partial charge in [0, 0.05) is 19.0 Å². The van der Waals surface area contributed by atoms with Crippen LogP contribution in [0.3, 0.4) is 0 Å². The number of hydrogen-bond donors (Lipinski definition) is 2. The van der Waals surface area contributed by atoms with Crippen LogP contribution in [-0.2, 0) is 4.74 Å². The molecular weight excluding hydrogens is 261 g/mol. The molecule has 1 heterocycles. The molecule has 0 bridgehead atoms. The molecule has 1 aliphatic rings. The number of hydrogen-bond acceptors (Lipinski definition) is 3. The number of halogens is 3. The maximum absolute atomic E-state index is 12.8. The van der Waals surface area contributed by atoms with E-state index in [4.69, 9.17) is 4.74 Å². The van der Waals surface area contributed by atoms with Crippen molar-refractivity contribution in [2.24, 2.45) is 11.8 Å². The molecule has 1 saturated heterocycles. The Kier molecular flexibility index (Phi) is 5.06. The molecule has 0 saturated carbocycles. The lowest BCUT2D eigenvalue weighted by Gasteiger charge is -2.33. The van der Waals surface area contributed by atoms with Gasteiger partial charge in [-0.2, -0.15) is 13.2 Å². The van der Waals surface area contributed by atoms with Gasteiger partial charge in [-0.05, 0) is 33.7 Å². The molecule has 112 valence electrons. The molecule has 1 aliphatic heterocycles. The van der Waals surface area contributed by atoms with Crippen LogP contribution in [0.5, 0.6) is 0 Å². The number of amides is 1. The van der Waals surface area contributed by atoms with Crippen molar-refractivity contribution < 1.29 is 22.7 Å². The van der Waals surface area contributed by atoms with E-state index in [0.29, 0.717) is 6.54 Å². The van der Waals surface area contributed by atoms with E-state index in [2.05, 4.69) is 10.6 Å². The molecule has 1 amide bonds. The zero-order valence-corrected chi connectivity index (χ0v) is 11.4. The fraction of sp³-hybridized carbons (Fsp3) is 0.917. The average molecular weight is 282 g/mol. The fourth-order valence-electron chi connectivity index (χ4n) is 2.10. The highest BCUT2D eigenvalue weighted by Gasteiger charge is 2.45. The minimum Gasteiger partial charge on any atom is -0.444 e. The Hall–Kier alpha value is -0.980. The molecule has 4 nitrogen and oxygen atoms in total. The average Bonchev–Trinajstić information content (AvgIpc) is 2.23. The zero-order chi connectivity index (χ0) is 14.7. The lowest BCUT2D eigenvalue weighted by molar-refractivity contribution is -0.193. The quantitative estimate of drug-likeness (QED) is 0.817. The maximum atomic E-state index is 12.8. The molecule has 0 aromatic heterocycles. The van der Waals surface area contributed by atoms with Crippen molar-refractivity contribution in [2.45, 2.75) is 39.0 Å². The molecule has 0 radical (unpaired) electrons. The van der Waals surface area contributed by atoms with Gasteiger partial charge in [-0.25, -0.2) is 4.79 Å². The molecular formula is C12H21F3N2O2. The molecule has 2 N–H and O–H groups in total. The van der Waals surface area contributed by atoms with Crippen LogP contribution >= 0.6 is 0 Å². The van der Waals surface area contributed by atoms with E-state index in [0.717, 1.165) is 0 Å². The predicted molar refractivity (Wildman–Crippen MR) is 64.8 cm³/mol. The van der Waals surface area contributed by atoms with Crippen LogP contribution in [-0.4, -0.2) is 37.5 Å². The van der Waals surface area contributed by atoms with E-state index in [1.807, 2.05) is 0 Å². The van der Waals surface area contributed by atoms with Gasteiger partial charge < -0.3 is 15.4 Å². The molecule has 0 unspecified atom stereocenters. The van der Waals surface area contributed by atoms with E-state index >= 15 is 0 Å². The highest BCUT2D eigenvalue weighted by Crippen LogP contribution is 2.35. The third-order valence-corrected chi connectivity index (χ3v) is 2.94. The number of carbonyl (C=O) groups is 1. The van der Waals surface area contributed by atoms with E-state index in [1.54, 1.807) is 20.8 Å². The second-order valence-corrected chi connectivity index (χ2v) is 5.78. The molecule has 0 aromatic rings. The highest BCUT2D eigenvalue weighted by molar-refractivity contribution is 5.67. The summed E-state index contributed by atoms with van der Waals surface area (Å²) in [5.41, 5.74) is -0.654. The van der Waals surface area contributed by atoms with Crippen LogP contribution in [0.25, 0.3) is 0 Å². The first-order valence-electron chi connectivity index (χ1n) is 6.34. The van der Waals surface area contributed by atoms with Crippen LogP contribution < -0.4 is 10.6 Å². The summed E-state index contributed by atoms with van der Waals surface area (Å²) in [6, 6.07) is 0. The number of piperidine rings is 1. The largest absolute Gasteiger partial charge is 0.444 e. The second kappa shape index (κ2) is 5.98. The van der Waals surface area contributed by atoms with Gasteiger partial charge in [0.25, 0.3) is 0 Å². The van der Waals surface area contributed by atoms with Gasteiger partial charge in [0.15, 0.2) is 0 Å². The van der Waals surface area contributed by atoms with Crippen LogP contribution in [0.4, 0.5) is 18.0 Å². The zero-order valence-electron chi connectivity index (χ0n) is 11.4. The Morgan fingerprint density at radius 3 is 2.53 bits per heavy atom. The number of alkyl carbamates (subject to hydrolysis) is 1. The topological polar surface area (TPSA) is 50.4 Å². The van der Waals surface area contributed by atoms with Crippen molar-refractivity contribution >= 4 is 6.09 Å². The minimum absolute atomic E-state index is 0.0356. The van der Waals surface area contributed by atoms with Crippen molar-refractivity contribution in [3.63, 3.8) is 0 Å².